The molecule has 2 heteroatoms. The van der Waals surface area contributed by atoms with Gasteiger partial charge in [0.2, 0.25) is 0 Å². The van der Waals surface area contributed by atoms with Crippen molar-refractivity contribution in [2.75, 3.05) is 19.8 Å². The van der Waals surface area contributed by atoms with Gasteiger partial charge in [0.15, 0.2) is 0 Å². The Labute approximate surface area is 99.2 Å². The normalized spacial score (nSPS) is 31.4. The maximum absolute atomic E-state index is 5.79. The number of rotatable bonds is 8. The fourth-order valence-electron chi connectivity index (χ4n) is 3.02. The van der Waals surface area contributed by atoms with Crippen LogP contribution in [0.15, 0.2) is 12.2 Å². The summed E-state index contributed by atoms with van der Waals surface area (Å²) in [6.45, 7) is 2.77. The average molecular weight is 223 g/mol. The van der Waals surface area contributed by atoms with E-state index in [0.29, 0.717) is 0 Å². The molecule has 0 spiro atoms. The van der Waals surface area contributed by atoms with E-state index in [-0.39, 0.29) is 0 Å². The van der Waals surface area contributed by atoms with Crippen LogP contribution < -0.4 is 5.73 Å². The minimum absolute atomic E-state index is 0.819. The SMILES string of the molecule is NCCCCCCOCC1CC2C=CC1C2. The Morgan fingerprint density at radius 3 is 2.62 bits per heavy atom. The van der Waals surface area contributed by atoms with E-state index in [2.05, 4.69) is 12.2 Å². The molecule has 0 aromatic carbocycles. The van der Waals surface area contributed by atoms with Crippen molar-refractivity contribution in [1.82, 2.24) is 0 Å². The van der Waals surface area contributed by atoms with Gasteiger partial charge in [0, 0.05) is 13.2 Å². The first-order valence-electron chi connectivity index (χ1n) is 6.86. The molecular weight excluding hydrogens is 198 g/mol. The standard InChI is InChI=1S/C14H25NO/c15-7-3-1-2-4-8-16-11-14-10-12-5-6-13(14)9-12/h5-6,12-14H,1-4,7-11,15H2. The maximum atomic E-state index is 5.79. The summed E-state index contributed by atoms with van der Waals surface area (Å²) >= 11 is 0. The summed E-state index contributed by atoms with van der Waals surface area (Å²) in [5.41, 5.74) is 5.45. The molecule has 2 aliphatic carbocycles. The first-order valence-corrected chi connectivity index (χ1v) is 6.86. The van der Waals surface area contributed by atoms with Crippen molar-refractivity contribution in [2.45, 2.75) is 38.5 Å². The molecular formula is C14H25NO. The average Bonchev–Trinajstić information content (AvgIpc) is 2.90. The van der Waals surface area contributed by atoms with E-state index < -0.39 is 0 Å². The van der Waals surface area contributed by atoms with E-state index in [9.17, 15) is 0 Å². The third-order valence-electron chi connectivity index (χ3n) is 3.99. The molecule has 3 unspecified atom stereocenters. The van der Waals surface area contributed by atoms with Crippen LogP contribution in [0.25, 0.3) is 0 Å². The summed E-state index contributed by atoms with van der Waals surface area (Å²) in [5.74, 6) is 2.53. The van der Waals surface area contributed by atoms with E-state index >= 15 is 0 Å². The lowest BCUT2D eigenvalue weighted by Crippen LogP contribution is -2.14. The fourth-order valence-corrected chi connectivity index (χ4v) is 3.02. The number of hydrogen-bond acceptors (Lipinski definition) is 2. The van der Waals surface area contributed by atoms with E-state index in [1.54, 1.807) is 0 Å². The maximum Gasteiger partial charge on any atom is 0.0500 e. The number of allylic oxidation sites excluding steroid dienone is 2. The molecule has 1 fully saturated rings. The minimum atomic E-state index is 0.819. The van der Waals surface area contributed by atoms with Crippen LogP contribution in [-0.4, -0.2) is 19.8 Å². The van der Waals surface area contributed by atoms with Gasteiger partial charge in [-0.1, -0.05) is 25.0 Å². The van der Waals surface area contributed by atoms with Crippen LogP contribution in [0.1, 0.15) is 38.5 Å². The van der Waals surface area contributed by atoms with E-state index in [4.69, 9.17) is 10.5 Å². The summed E-state index contributed by atoms with van der Waals surface area (Å²) in [6.07, 6.45) is 12.5. The van der Waals surface area contributed by atoms with Gasteiger partial charge in [0.1, 0.15) is 0 Å². The number of fused-ring (bicyclic) bond motifs is 2. The molecule has 0 aromatic heterocycles. The summed E-state index contributed by atoms with van der Waals surface area (Å²) in [6, 6.07) is 0. The molecule has 0 saturated heterocycles. The Morgan fingerprint density at radius 1 is 1.06 bits per heavy atom. The van der Waals surface area contributed by atoms with Crippen molar-refractivity contribution < 1.29 is 4.74 Å². The van der Waals surface area contributed by atoms with Gasteiger partial charge in [-0.25, -0.2) is 0 Å². The highest BCUT2D eigenvalue weighted by Gasteiger charge is 2.35. The molecule has 2 bridgehead atoms. The molecule has 2 nitrogen and oxygen atoms in total. The minimum Gasteiger partial charge on any atom is -0.381 e. The van der Waals surface area contributed by atoms with Crippen LogP contribution in [0.5, 0.6) is 0 Å². The van der Waals surface area contributed by atoms with Crippen molar-refractivity contribution in [1.29, 1.82) is 0 Å². The van der Waals surface area contributed by atoms with Gasteiger partial charge < -0.3 is 10.5 Å². The zero-order valence-electron chi connectivity index (χ0n) is 10.2. The molecule has 0 aliphatic heterocycles. The number of ether oxygens (including phenoxy) is 1. The van der Waals surface area contributed by atoms with Crippen LogP contribution in [0.3, 0.4) is 0 Å². The van der Waals surface area contributed by atoms with Crippen LogP contribution >= 0.6 is 0 Å². The zero-order valence-corrected chi connectivity index (χ0v) is 10.2. The Kier molecular flexibility index (Phi) is 4.86. The first kappa shape index (κ1) is 12.1. The second-order valence-corrected chi connectivity index (χ2v) is 5.32. The van der Waals surface area contributed by atoms with Crippen molar-refractivity contribution in [3.63, 3.8) is 0 Å². The van der Waals surface area contributed by atoms with Crippen molar-refractivity contribution in [3.8, 4) is 0 Å². The molecule has 0 aromatic rings. The third-order valence-corrected chi connectivity index (χ3v) is 3.99. The van der Waals surface area contributed by atoms with Crippen molar-refractivity contribution in [2.24, 2.45) is 23.5 Å². The fraction of sp³-hybridized carbons (Fsp3) is 0.857. The van der Waals surface area contributed by atoms with Gasteiger partial charge in [0.05, 0.1) is 0 Å². The number of unbranched alkanes of at least 4 members (excludes halogenated alkanes) is 3. The highest BCUT2D eigenvalue weighted by atomic mass is 16.5. The van der Waals surface area contributed by atoms with Gasteiger partial charge in [0.25, 0.3) is 0 Å². The smallest absolute Gasteiger partial charge is 0.0500 e. The molecule has 3 atom stereocenters. The molecule has 0 amide bonds. The second-order valence-electron chi connectivity index (χ2n) is 5.32. The molecule has 2 N–H and O–H groups in total. The van der Waals surface area contributed by atoms with Crippen LogP contribution in [0, 0.1) is 17.8 Å². The Balaban J connectivity index is 1.45. The van der Waals surface area contributed by atoms with Crippen LogP contribution in [0.2, 0.25) is 0 Å². The van der Waals surface area contributed by atoms with Gasteiger partial charge >= 0.3 is 0 Å². The van der Waals surface area contributed by atoms with E-state index in [0.717, 1.165) is 43.9 Å². The molecule has 0 heterocycles. The predicted octanol–water partition coefficient (Wildman–Crippen LogP) is 2.73. The monoisotopic (exact) mass is 223 g/mol. The molecule has 16 heavy (non-hydrogen) atoms. The lowest BCUT2D eigenvalue weighted by Gasteiger charge is -2.17. The summed E-state index contributed by atoms with van der Waals surface area (Å²) in [4.78, 5) is 0. The highest BCUT2D eigenvalue weighted by molar-refractivity contribution is 5.09. The Hall–Kier alpha value is -0.340. The zero-order chi connectivity index (χ0) is 11.2. The topological polar surface area (TPSA) is 35.2 Å². The Bertz CT molecular complexity index is 227. The first-order chi connectivity index (χ1) is 7.90. The third kappa shape index (κ3) is 3.33. The number of nitrogens with two attached hydrogens (primary N) is 1. The Morgan fingerprint density at radius 2 is 1.94 bits per heavy atom. The molecule has 2 rings (SSSR count). The summed E-state index contributed by atoms with van der Waals surface area (Å²) in [5, 5.41) is 0. The molecule has 0 radical (unpaired) electrons. The highest BCUT2D eigenvalue weighted by Crippen LogP contribution is 2.43. The molecule has 1 saturated carbocycles. The second kappa shape index (κ2) is 6.41. The molecule has 92 valence electrons. The summed E-state index contributed by atoms with van der Waals surface area (Å²) in [7, 11) is 0. The number of hydrogen-bond donors (Lipinski definition) is 1. The van der Waals surface area contributed by atoms with Gasteiger partial charge in [-0.2, -0.15) is 0 Å². The van der Waals surface area contributed by atoms with Crippen molar-refractivity contribution in [3.05, 3.63) is 12.2 Å². The lowest BCUT2D eigenvalue weighted by molar-refractivity contribution is 0.0877. The predicted molar refractivity (Wildman–Crippen MR) is 67.2 cm³/mol. The molecule has 2 aliphatic rings. The van der Waals surface area contributed by atoms with Crippen LogP contribution in [0.4, 0.5) is 0 Å². The van der Waals surface area contributed by atoms with E-state index in [1.807, 2.05) is 0 Å². The summed E-state index contributed by atoms with van der Waals surface area (Å²) < 4.78 is 5.79. The van der Waals surface area contributed by atoms with E-state index in [1.165, 1.54) is 32.1 Å². The largest absolute Gasteiger partial charge is 0.381 e. The lowest BCUT2D eigenvalue weighted by atomic mass is 9.95. The van der Waals surface area contributed by atoms with Crippen LogP contribution in [-0.2, 0) is 4.74 Å². The van der Waals surface area contributed by atoms with Crippen molar-refractivity contribution >= 4 is 0 Å². The van der Waals surface area contributed by atoms with Gasteiger partial charge in [-0.3, -0.25) is 0 Å². The van der Waals surface area contributed by atoms with Gasteiger partial charge in [-0.05, 0) is 50.0 Å². The quantitative estimate of drug-likeness (QED) is 0.507. The van der Waals surface area contributed by atoms with Gasteiger partial charge in [-0.15, -0.1) is 0 Å².